The predicted molar refractivity (Wildman–Crippen MR) is 79.2 cm³/mol. The zero-order valence-corrected chi connectivity index (χ0v) is 12.8. The zero-order valence-electron chi connectivity index (χ0n) is 12.0. The van der Waals surface area contributed by atoms with Crippen LogP contribution in [0.25, 0.3) is 0 Å². The molecule has 2 aliphatic rings. The minimum atomic E-state index is 0.162. The van der Waals surface area contributed by atoms with E-state index in [1.54, 1.807) is 0 Å². The van der Waals surface area contributed by atoms with Gasteiger partial charge in [0.25, 0.3) is 0 Å². The van der Waals surface area contributed by atoms with Crippen LogP contribution in [0.4, 0.5) is 0 Å². The van der Waals surface area contributed by atoms with E-state index in [-0.39, 0.29) is 11.4 Å². The zero-order chi connectivity index (χ0) is 13.7. The van der Waals surface area contributed by atoms with E-state index < -0.39 is 0 Å². The van der Waals surface area contributed by atoms with Crippen LogP contribution in [-0.2, 0) is 4.79 Å². The van der Waals surface area contributed by atoms with E-state index in [2.05, 4.69) is 17.1 Å². The van der Waals surface area contributed by atoms with Crippen molar-refractivity contribution >= 4 is 17.5 Å². The van der Waals surface area contributed by atoms with E-state index in [9.17, 15) is 4.79 Å². The highest BCUT2D eigenvalue weighted by Gasteiger charge is 2.27. The molecule has 1 unspecified atom stereocenters. The maximum absolute atomic E-state index is 12.2. The molecular weight excluding hydrogens is 260 g/mol. The quantitative estimate of drug-likeness (QED) is 0.636. The van der Waals surface area contributed by atoms with Crippen molar-refractivity contribution in [3.8, 4) is 0 Å². The number of likely N-dealkylation sites (tertiary alicyclic amines) is 1. The van der Waals surface area contributed by atoms with Crippen LogP contribution in [0.1, 0.15) is 58.3 Å². The van der Waals surface area contributed by atoms with Gasteiger partial charge in [0, 0.05) is 25.0 Å². The van der Waals surface area contributed by atoms with E-state index in [4.69, 9.17) is 11.6 Å². The SMILES string of the molecule is CCC(Cl)N1CCC(NC(=O)C2CCCCC2)CC1. The van der Waals surface area contributed by atoms with Crippen LogP contribution < -0.4 is 5.32 Å². The molecule has 4 heteroatoms. The minimum absolute atomic E-state index is 0.162. The van der Waals surface area contributed by atoms with Gasteiger partial charge in [-0.15, -0.1) is 11.6 Å². The number of alkyl halides is 1. The number of halogens is 1. The number of hydrogen-bond donors (Lipinski definition) is 1. The highest BCUT2D eigenvalue weighted by Crippen LogP contribution is 2.24. The Morgan fingerprint density at radius 2 is 1.84 bits per heavy atom. The second kappa shape index (κ2) is 7.49. The number of carbonyl (C=O) groups is 1. The molecule has 1 amide bonds. The molecule has 1 N–H and O–H groups in total. The first-order valence-electron chi connectivity index (χ1n) is 7.89. The molecule has 110 valence electrons. The fourth-order valence-electron chi connectivity index (χ4n) is 3.27. The Hall–Kier alpha value is -0.280. The van der Waals surface area contributed by atoms with Crippen LogP contribution in [0.15, 0.2) is 0 Å². The molecular formula is C15H27ClN2O. The summed E-state index contributed by atoms with van der Waals surface area (Å²) in [6.07, 6.45) is 9.00. The largest absolute Gasteiger partial charge is 0.353 e. The monoisotopic (exact) mass is 286 g/mol. The van der Waals surface area contributed by atoms with Crippen molar-refractivity contribution < 1.29 is 4.79 Å². The second-order valence-corrected chi connectivity index (χ2v) is 6.50. The van der Waals surface area contributed by atoms with Crippen molar-refractivity contribution in [2.75, 3.05) is 13.1 Å². The summed E-state index contributed by atoms with van der Waals surface area (Å²) in [5.74, 6) is 0.583. The molecule has 0 aromatic carbocycles. The number of amides is 1. The van der Waals surface area contributed by atoms with Crippen molar-refractivity contribution in [3.63, 3.8) is 0 Å². The first-order valence-corrected chi connectivity index (χ1v) is 8.33. The van der Waals surface area contributed by atoms with Crippen molar-refractivity contribution in [1.82, 2.24) is 10.2 Å². The van der Waals surface area contributed by atoms with Gasteiger partial charge in [-0.1, -0.05) is 26.2 Å². The molecule has 1 saturated carbocycles. The topological polar surface area (TPSA) is 32.3 Å². The van der Waals surface area contributed by atoms with Crippen LogP contribution in [0.3, 0.4) is 0 Å². The van der Waals surface area contributed by atoms with Crippen LogP contribution in [0.5, 0.6) is 0 Å². The Labute approximate surface area is 122 Å². The smallest absolute Gasteiger partial charge is 0.223 e. The maximum Gasteiger partial charge on any atom is 0.223 e. The van der Waals surface area contributed by atoms with Gasteiger partial charge in [-0.05, 0) is 32.1 Å². The fraction of sp³-hybridized carbons (Fsp3) is 0.933. The molecule has 1 aliphatic carbocycles. The van der Waals surface area contributed by atoms with Gasteiger partial charge in [0.15, 0.2) is 0 Å². The average molecular weight is 287 g/mol. The van der Waals surface area contributed by atoms with Crippen LogP contribution >= 0.6 is 11.6 Å². The predicted octanol–water partition coefficient (Wildman–Crippen LogP) is 3.12. The lowest BCUT2D eigenvalue weighted by atomic mass is 9.88. The summed E-state index contributed by atoms with van der Waals surface area (Å²) in [5, 5.41) is 3.26. The fourth-order valence-corrected chi connectivity index (χ4v) is 3.46. The third-order valence-corrected chi connectivity index (χ3v) is 5.17. The van der Waals surface area contributed by atoms with Crippen molar-refractivity contribution in [1.29, 1.82) is 0 Å². The van der Waals surface area contributed by atoms with E-state index in [1.807, 2.05) is 0 Å². The van der Waals surface area contributed by atoms with Crippen molar-refractivity contribution in [2.45, 2.75) is 69.8 Å². The summed E-state index contributed by atoms with van der Waals surface area (Å²) in [5.41, 5.74) is 0.162. The minimum Gasteiger partial charge on any atom is -0.353 e. The van der Waals surface area contributed by atoms with E-state index >= 15 is 0 Å². The summed E-state index contributed by atoms with van der Waals surface area (Å²) in [6, 6.07) is 0.367. The highest BCUT2D eigenvalue weighted by atomic mass is 35.5. The first-order chi connectivity index (χ1) is 9.20. The lowest BCUT2D eigenvalue weighted by Gasteiger charge is -2.35. The molecule has 0 bridgehead atoms. The molecule has 0 spiro atoms. The third-order valence-electron chi connectivity index (χ3n) is 4.58. The molecule has 1 aliphatic heterocycles. The van der Waals surface area contributed by atoms with Crippen LogP contribution in [0, 0.1) is 5.92 Å². The number of nitrogens with one attached hydrogen (secondary N) is 1. The average Bonchev–Trinajstić information content (AvgIpc) is 2.48. The van der Waals surface area contributed by atoms with Gasteiger partial charge in [0.2, 0.25) is 5.91 Å². The second-order valence-electron chi connectivity index (χ2n) is 6.00. The van der Waals surface area contributed by atoms with Gasteiger partial charge in [-0.2, -0.15) is 0 Å². The molecule has 19 heavy (non-hydrogen) atoms. The summed E-state index contributed by atoms with van der Waals surface area (Å²) < 4.78 is 0. The molecule has 1 saturated heterocycles. The number of rotatable bonds is 4. The summed E-state index contributed by atoms with van der Waals surface area (Å²) in [6.45, 7) is 4.14. The normalized spacial score (nSPS) is 25.2. The van der Waals surface area contributed by atoms with Gasteiger partial charge < -0.3 is 5.32 Å². The van der Waals surface area contributed by atoms with Crippen molar-refractivity contribution in [2.24, 2.45) is 5.92 Å². The Bertz CT molecular complexity index is 284. The molecule has 1 heterocycles. The van der Waals surface area contributed by atoms with Crippen LogP contribution in [-0.4, -0.2) is 35.4 Å². The van der Waals surface area contributed by atoms with Gasteiger partial charge in [-0.25, -0.2) is 0 Å². The number of nitrogens with zero attached hydrogens (tertiary/aromatic N) is 1. The standard InChI is InChI=1S/C15H27ClN2O/c1-2-14(16)18-10-8-13(9-11-18)17-15(19)12-6-4-3-5-7-12/h12-14H,2-11H2,1H3,(H,17,19). The summed E-state index contributed by atoms with van der Waals surface area (Å²) in [7, 11) is 0. The van der Waals surface area contributed by atoms with Gasteiger partial charge >= 0.3 is 0 Å². The van der Waals surface area contributed by atoms with E-state index in [1.165, 1.54) is 19.3 Å². The molecule has 2 fully saturated rings. The van der Waals surface area contributed by atoms with Crippen LogP contribution in [0.2, 0.25) is 0 Å². The molecule has 1 atom stereocenters. The number of carbonyl (C=O) groups excluding carboxylic acids is 1. The van der Waals surface area contributed by atoms with Gasteiger partial charge in [0.1, 0.15) is 0 Å². The molecule has 0 radical (unpaired) electrons. The number of hydrogen-bond acceptors (Lipinski definition) is 2. The van der Waals surface area contributed by atoms with Crippen molar-refractivity contribution in [3.05, 3.63) is 0 Å². The lowest BCUT2D eigenvalue weighted by Crippen LogP contribution is -2.48. The van der Waals surface area contributed by atoms with Gasteiger partial charge in [-0.3, -0.25) is 9.69 Å². The molecule has 0 aromatic rings. The Morgan fingerprint density at radius 1 is 1.21 bits per heavy atom. The lowest BCUT2D eigenvalue weighted by molar-refractivity contribution is -0.127. The molecule has 2 rings (SSSR count). The summed E-state index contributed by atoms with van der Waals surface area (Å²) in [4.78, 5) is 14.5. The highest BCUT2D eigenvalue weighted by molar-refractivity contribution is 6.20. The third kappa shape index (κ3) is 4.35. The Balaban J connectivity index is 1.71. The maximum atomic E-state index is 12.2. The van der Waals surface area contributed by atoms with Gasteiger partial charge in [0.05, 0.1) is 5.50 Å². The number of piperidine rings is 1. The summed E-state index contributed by atoms with van der Waals surface area (Å²) >= 11 is 6.26. The first kappa shape index (κ1) is 15.1. The Kier molecular flexibility index (Phi) is 5.96. The van der Waals surface area contributed by atoms with E-state index in [0.717, 1.165) is 45.2 Å². The molecule has 0 aromatic heterocycles. The molecule has 3 nitrogen and oxygen atoms in total. The Morgan fingerprint density at radius 3 is 2.42 bits per heavy atom. The van der Waals surface area contributed by atoms with E-state index in [0.29, 0.717) is 11.9 Å².